The third kappa shape index (κ3) is 15.1. The molecule has 0 aliphatic carbocycles. The van der Waals surface area contributed by atoms with Gasteiger partial charge in [-0.1, -0.05) is 32.1 Å². The number of amides is 4. The maximum absolute atomic E-state index is 13.9. The summed E-state index contributed by atoms with van der Waals surface area (Å²) < 4.78 is 0. The van der Waals surface area contributed by atoms with Gasteiger partial charge in [0.2, 0.25) is 23.6 Å². The molecule has 1 aromatic rings. The number of pyridine rings is 1. The Bertz CT molecular complexity index is 1290. The molecule has 2 rings (SSSR count). The number of carboxylic acids is 1. The summed E-state index contributed by atoms with van der Waals surface area (Å²) in [6.45, 7) is 4.51. The van der Waals surface area contributed by atoms with E-state index in [1.165, 1.54) is 0 Å². The Morgan fingerprint density at radius 3 is 2.06 bits per heavy atom. The van der Waals surface area contributed by atoms with Gasteiger partial charge in [0, 0.05) is 24.7 Å². The lowest BCUT2D eigenvalue weighted by atomic mass is 9.89. The summed E-state index contributed by atoms with van der Waals surface area (Å²) >= 11 is 0. The van der Waals surface area contributed by atoms with Crippen molar-refractivity contribution >= 4 is 35.4 Å². The first-order valence-corrected chi connectivity index (χ1v) is 17.5. The Labute approximate surface area is 294 Å². The Morgan fingerprint density at radius 1 is 0.900 bits per heavy atom. The predicted octanol–water partition coefficient (Wildman–Crippen LogP) is 0.205. The van der Waals surface area contributed by atoms with E-state index in [0.29, 0.717) is 44.5 Å². The van der Waals surface area contributed by atoms with E-state index in [9.17, 15) is 33.9 Å². The molecule has 4 amide bonds. The van der Waals surface area contributed by atoms with Gasteiger partial charge in [0.1, 0.15) is 18.1 Å². The highest BCUT2D eigenvalue weighted by Crippen LogP contribution is 2.18. The van der Waals surface area contributed by atoms with E-state index in [2.05, 4.69) is 26.3 Å². The lowest BCUT2D eigenvalue weighted by molar-refractivity contribution is -0.144. The van der Waals surface area contributed by atoms with Crippen LogP contribution in [0, 0.1) is 11.8 Å². The van der Waals surface area contributed by atoms with Crippen LogP contribution >= 0.6 is 0 Å². The largest absolute Gasteiger partial charge is 0.481 e. The Hall–Kier alpha value is -4.21. The molecule has 0 saturated carbocycles. The summed E-state index contributed by atoms with van der Waals surface area (Å²) in [5, 5.41) is 20.7. The first-order valence-electron chi connectivity index (χ1n) is 17.5. The van der Waals surface area contributed by atoms with Crippen LogP contribution in [-0.2, 0) is 35.2 Å². The highest BCUT2D eigenvalue weighted by Gasteiger charge is 2.33. The molecule has 0 aromatic carbocycles. The molecule has 0 fully saturated rings. The molecule has 1 aliphatic heterocycles. The van der Waals surface area contributed by atoms with Crippen LogP contribution in [0.4, 0.5) is 0 Å². The standard InChI is InChI=1S/C35H56N8O7/c1-22(2)19-23(35(49)50)20-30(44)29(21-24-11-7-10-18-39-24)43-34(48)27-13-4-3-12-25(38)31(45)40-26(14-5-8-16-36)32(46)42-28(33(47)41-27)15-6-9-17-37/h3-4,7,10-11,18,22-23,25-29H,5-6,8-9,12-17,19-21,36-38H2,1-2H3,(H,40,45)(H,41,47)(H,42,46)(H,43,48)(H,49,50)/t23-,25+,26+,27+,28+,29+/m1/s1. The third-order valence-electron chi connectivity index (χ3n) is 8.46. The van der Waals surface area contributed by atoms with Crippen LogP contribution < -0.4 is 38.5 Å². The van der Waals surface area contributed by atoms with Crippen LogP contribution in [0.1, 0.15) is 83.7 Å². The quantitative estimate of drug-likeness (QED) is 0.0758. The van der Waals surface area contributed by atoms with Crippen LogP contribution in [-0.4, -0.2) is 88.8 Å². The fourth-order valence-electron chi connectivity index (χ4n) is 5.63. The van der Waals surface area contributed by atoms with Gasteiger partial charge in [-0.3, -0.25) is 33.8 Å². The molecule has 1 aromatic heterocycles. The van der Waals surface area contributed by atoms with Gasteiger partial charge >= 0.3 is 5.97 Å². The van der Waals surface area contributed by atoms with Crippen LogP contribution in [0.5, 0.6) is 0 Å². The van der Waals surface area contributed by atoms with Crippen molar-refractivity contribution < 1.29 is 33.9 Å². The number of hydrogen-bond acceptors (Lipinski definition) is 10. The molecule has 15 heteroatoms. The average molecular weight is 701 g/mol. The van der Waals surface area contributed by atoms with E-state index in [0.717, 1.165) is 0 Å². The molecule has 1 aliphatic rings. The first kappa shape index (κ1) is 42.0. The summed E-state index contributed by atoms with van der Waals surface area (Å²) in [4.78, 5) is 83.8. The van der Waals surface area contributed by atoms with Crippen LogP contribution in [0.2, 0.25) is 0 Å². The van der Waals surface area contributed by atoms with Crippen molar-refractivity contribution in [1.82, 2.24) is 26.3 Å². The third-order valence-corrected chi connectivity index (χ3v) is 8.46. The van der Waals surface area contributed by atoms with Crippen molar-refractivity contribution in [3.8, 4) is 0 Å². The number of rotatable bonds is 18. The molecular formula is C35H56N8O7. The van der Waals surface area contributed by atoms with Gasteiger partial charge < -0.3 is 43.6 Å². The lowest BCUT2D eigenvalue weighted by Gasteiger charge is -2.27. The number of carboxylic acid groups (broad SMARTS) is 1. The van der Waals surface area contributed by atoms with Gasteiger partial charge in [0.05, 0.1) is 18.0 Å². The Balaban J connectivity index is 2.41. The van der Waals surface area contributed by atoms with Crippen molar-refractivity contribution in [3.63, 3.8) is 0 Å². The average Bonchev–Trinajstić information content (AvgIpc) is 3.07. The van der Waals surface area contributed by atoms with E-state index >= 15 is 0 Å². The highest BCUT2D eigenvalue weighted by molar-refractivity contribution is 5.96. The Morgan fingerprint density at radius 2 is 1.50 bits per heavy atom. The van der Waals surface area contributed by atoms with Crippen LogP contribution in [0.3, 0.4) is 0 Å². The first-order chi connectivity index (χ1) is 23.9. The van der Waals surface area contributed by atoms with Crippen LogP contribution in [0.15, 0.2) is 36.5 Å². The number of nitrogens with two attached hydrogens (primary N) is 3. The summed E-state index contributed by atoms with van der Waals surface area (Å²) in [6.07, 6.45) is 7.61. The fraction of sp³-hybridized carbons (Fsp3) is 0.629. The number of carbonyl (C=O) groups is 6. The number of Topliss-reactive ketones (excluding diaryl/α,β-unsaturated/α-hetero) is 1. The van der Waals surface area contributed by atoms with Crippen molar-refractivity contribution in [1.29, 1.82) is 0 Å². The molecule has 0 bridgehead atoms. The fourth-order valence-corrected chi connectivity index (χ4v) is 5.63. The zero-order valence-electron chi connectivity index (χ0n) is 29.3. The number of nitrogens with one attached hydrogen (secondary N) is 4. The van der Waals surface area contributed by atoms with Crippen molar-refractivity contribution in [3.05, 3.63) is 42.2 Å². The molecule has 0 unspecified atom stereocenters. The minimum absolute atomic E-state index is 0.00319. The van der Waals surface area contributed by atoms with Crippen molar-refractivity contribution in [2.75, 3.05) is 13.1 Å². The normalized spacial score (nSPS) is 21.7. The number of aromatic nitrogens is 1. The summed E-state index contributed by atoms with van der Waals surface area (Å²) in [6, 6.07) is -0.178. The second-order valence-corrected chi connectivity index (χ2v) is 13.2. The number of nitrogens with zero attached hydrogens (tertiary/aromatic N) is 1. The number of aliphatic carboxylic acids is 1. The molecular weight excluding hydrogens is 644 g/mol. The van der Waals surface area contributed by atoms with Gasteiger partial charge in [-0.25, -0.2) is 0 Å². The monoisotopic (exact) mass is 700 g/mol. The summed E-state index contributed by atoms with van der Waals surface area (Å²) in [5.74, 6) is -4.92. The van der Waals surface area contributed by atoms with E-state index in [-0.39, 0.29) is 50.9 Å². The molecule has 0 saturated heterocycles. The molecule has 0 spiro atoms. The van der Waals surface area contributed by atoms with Crippen molar-refractivity contribution in [2.24, 2.45) is 29.0 Å². The Kier molecular flexibility index (Phi) is 18.9. The van der Waals surface area contributed by atoms with E-state index in [1.807, 2.05) is 13.8 Å². The number of hydrogen-bond donors (Lipinski definition) is 8. The van der Waals surface area contributed by atoms with Crippen molar-refractivity contribution in [2.45, 2.75) is 115 Å². The zero-order valence-corrected chi connectivity index (χ0v) is 29.3. The molecule has 0 radical (unpaired) electrons. The van der Waals surface area contributed by atoms with Crippen LogP contribution in [0.25, 0.3) is 0 Å². The summed E-state index contributed by atoms with van der Waals surface area (Å²) in [7, 11) is 0. The van der Waals surface area contributed by atoms with Gasteiger partial charge in [0.25, 0.3) is 0 Å². The number of carbonyl (C=O) groups excluding carboxylic acids is 5. The highest BCUT2D eigenvalue weighted by atomic mass is 16.4. The zero-order chi connectivity index (χ0) is 37.1. The molecule has 15 nitrogen and oxygen atoms in total. The van der Waals surface area contributed by atoms with Gasteiger partial charge in [-0.15, -0.1) is 0 Å². The minimum atomic E-state index is -1.19. The minimum Gasteiger partial charge on any atom is -0.481 e. The van der Waals surface area contributed by atoms with Gasteiger partial charge in [-0.2, -0.15) is 0 Å². The maximum Gasteiger partial charge on any atom is 0.306 e. The van der Waals surface area contributed by atoms with E-state index in [1.54, 1.807) is 36.5 Å². The smallest absolute Gasteiger partial charge is 0.306 e. The molecule has 278 valence electrons. The van der Waals surface area contributed by atoms with Gasteiger partial charge in [0.15, 0.2) is 5.78 Å². The molecule has 2 heterocycles. The molecule has 11 N–H and O–H groups in total. The summed E-state index contributed by atoms with van der Waals surface area (Å²) in [5.41, 5.74) is 17.9. The van der Waals surface area contributed by atoms with Gasteiger partial charge in [-0.05, 0) is 88.9 Å². The number of unbranched alkanes of at least 4 members (excludes halogenated alkanes) is 2. The molecule has 6 atom stereocenters. The van der Waals surface area contributed by atoms with E-state index < -0.39 is 71.5 Å². The van der Waals surface area contributed by atoms with E-state index in [4.69, 9.17) is 17.2 Å². The second-order valence-electron chi connectivity index (χ2n) is 13.2. The number of ketones is 1. The maximum atomic E-state index is 13.9. The second kappa shape index (κ2) is 22.5. The lowest BCUT2D eigenvalue weighted by Crippen LogP contribution is -2.58. The SMILES string of the molecule is CC(C)C[C@H](CC(=O)[C@H](Cc1ccccn1)NC(=O)[C@@H]1CC=CC[C@H](N)C(=O)N[C@@H](CCCCN)C(=O)N[C@@H](CCCCN)C(=O)N1)C(=O)O. The molecule has 50 heavy (non-hydrogen) atoms. The topological polar surface area (TPSA) is 262 Å². The predicted molar refractivity (Wildman–Crippen MR) is 188 cm³/mol.